The van der Waals surface area contributed by atoms with E-state index < -0.39 is 0 Å². The second kappa shape index (κ2) is 4.56. The molecule has 17 heavy (non-hydrogen) atoms. The van der Waals surface area contributed by atoms with Gasteiger partial charge in [-0.2, -0.15) is 0 Å². The molecule has 0 saturated carbocycles. The molecule has 0 bridgehead atoms. The Labute approximate surface area is 106 Å². The van der Waals surface area contributed by atoms with Gasteiger partial charge in [0.25, 0.3) is 0 Å². The van der Waals surface area contributed by atoms with Crippen LogP contribution in [0.5, 0.6) is 0 Å². The SMILES string of the molecule is C=C(NC(C)(C)C)c1ccc(C(C)(C)C)cc1. The van der Waals surface area contributed by atoms with Gasteiger partial charge in [-0.3, -0.25) is 0 Å². The molecule has 0 radical (unpaired) electrons. The summed E-state index contributed by atoms with van der Waals surface area (Å²) < 4.78 is 0. The Morgan fingerprint density at radius 3 is 1.76 bits per heavy atom. The molecular formula is C16H25N. The van der Waals surface area contributed by atoms with Gasteiger partial charge < -0.3 is 5.32 Å². The molecule has 0 aromatic heterocycles. The van der Waals surface area contributed by atoms with Crippen LogP contribution in [0.25, 0.3) is 5.70 Å². The van der Waals surface area contributed by atoms with Crippen molar-refractivity contribution in [2.45, 2.75) is 52.5 Å². The van der Waals surface area contributed by atoms with Crippen molar-refractivity contribution in [3.8, 4) is 0 Å². The highest BCUT2D eigenvalue weighted by Gasteiger charge is 2.14. The van der Waals surface area contributed by atoms with Crippen molar-refractivity contribution >= 4 is 5.70 Å². The van der Waals surface area contributed by atoms with Gasteiger partial charge in [-0.1, -0.05) is 51.6 Å². The smallest absolute Gasteiger partial charge is 0.0344 e. The molecule has 1 heteroatoms. The number of benzene rings is 1. The van der Waals surface area contributed by atoms with E-state index in [1.165, 1.54) is 5.56 Å². The largest absolute Gasteiger partial charge is 0.380 e. The lowest BCUT2D eigenvalue weighted by molar-refractivity contribution is 0.502. The Bertz CT molecular complexity index is 385. The van der Waals surface area contributed by atoms with Crippen LogP contribution in [-0.4, -0.2) is 5.54 Å². The summed E-state index contributed by atoms with van der Waals surface area (Å²) in [5, 5.41) is 3.40. The van der Waals surface area contributed by atoms with Crippen molar-refractivity contribution in [3.05, 3.63) is 42.0 Å². The summed E-state index contributed by atoms with van der Waals surface area (Å²) in [5.41, 5.74) is 3.76. The molecule has 0 unspecified atom stereocenters. The number of rotatable bonds is 2. The van der Waals surface area contributed by atoms with Crippen LogP contribution in [0.2, 0.25) is 0 Å². The minimum atomic E-state index is 0.0553. The van der Waals surface area contributed by atoms with Crippen LogP contribution in [0.4, 0.5) is 0 Å². The summed E-state index contributed by atoms with van der Waals surface area (Å²) in [6, 6.07) is 8.65. The lowest BCUT2D eigenvalue weighted by atomic mass is 9.86. The zero-order valence-electron chi connectivity index (χ0n) is 12.0. The van der Waals surface area contributed by atoms with E-state index in [1.54, 1.807) is 0 Å². The molecule has 1 N–H and O–H groups in total. The summed E-state index contributed by atoms with van der Waals surface area (Å²) in [6.45, 7) is 17.2. The van der Waals surface area contributed by atoms with Crippen molar-refractivity contribution in [1.29, 1.82) is 0 Å². The Kier molecular flexibility index (Phi) is 3.71. The zero-order chi connectivity index (χ0) is 13.3. The molecule has 0 aliphatic heterocycles. The van der Waals surface area contributed by atoms with E-state index in [0.717, 1.165) is 11.3 Å². The third kappa shape index (κ3) is 4.26. The van der Waals surface area contributed by atoms with Crippen LogP contribution in [0.15, 0.2) is 30.8 Å². The molecule has 1 nitrogen and oxygen atoms in total. The Hall–Kier alpha value is -1.24. The quantitative estimate of drug-likeness (QED) is 0.798. The van der Waals surface area contributed by atoms with Crippen LogP contribution in [-0.2, 0) is 5.41 Å². The standard InChI is InChI=1S/C16H25N/c1-12(17-16(5,6)7)13-8-10-14(11-9-13)15(2,3)4/h8-11,17H,1H2,2-7H3. The van der Waals surface area contributed by atoms with Gasteiger partial charge in [0.2, 0.25) is 0 Å². The first-order valence-electron chi connectivity index (χ1n) is 6.17. The van der Waals surface area contributed by atoms with Crippen molar-refractivity contribution < 1.29 is 0 Å². The fourth-order valence-electron chi connectivity index (χ4n) is 1.70. The van der Waals surface area contributed by atoms with Crippen molar-refractivity contribution in [2.75, 3.05) is 0 Å². The van der Waals surface area contributed by atoms with Crippen molar-refractivity contribution in [1.82, 2.24) is 5.32 Å². The Morgan fingerprint density at radius 2 is 1.41 bits per heavy atom. The highest BCUT2D eigenvalue weighted by atomic mass is 15.0. The maximum absolute atomic E-state index is 4.09. The van der Waals surface area contributed by atoms with Crippen LogP contribution < -0.4 is 5.32 Å². The first-order chi connectivity index (χ1) is 7.59. The molecule has 1 aromatic rings. The molecular weight excluding hydrogens is 206 g/mol. The van der Waals surface area contributed by atoms with E-state index >= 15 is 0 Å². The van der Waals surface area contributed by atoms with Gasteiger partial charge in [0, 0.05) is 11.2 Å². The predicted octanol–water partition coefficient (Wildman–Crippen LogP) is 4.34. The van der Waals surface area contributed by atoms with Crippen molar-refractivity contribution in [3.63, 3.8) is 0 Å². The fraction of sp³-hybridized carbons (Fsp3) is 0.500. The van der Waals surface area contributed by atoms with Crippen LogP contribution in [0, 0.1) is 0 Å². The molecule has 0 aliphatic rings. The van der Waals surface area contributed by atoms with Gasteiger partial charge in [-0.25, -0.2) is 0 Å². The molecule has 94 valence electrons. The van der Waals surface area contributed by atoms with Gasteiger partial charge in [-0.15, -0.1) is 0 Å². The van der Waals surface area contributed by atoms with Crippen LogP contribution in [0.3, 0.4) is 0 Å². The Balaban J connectivity index is 2.85. The van der Waals surface area contributed by atoms with Crippen LogP contribution in [0.1, 0.15) is 52.7 Å². The molecule has 0 spiro atoms. The number of nitrogens with one attached hydrogen (secondary N) is 1. The van der Waals surface area contributed by atoms with E-state index in [4.69, 9.17) is 0 Å². The molecule has 0 saturated heterocycles. The van der Waals surface area contributed by atoms with E-state index in [-0.39, 0.29) is 11.0 Å². The van der Waals surface area contributed by atoms with E-state index in [2.05, 4.69) is 77.7 Å². The maximum atomic E-state index is 4.09. The fourth-order valence-corrected chi connectivity index (χ4v) is 1.70. The molecule has 0 heterocycles. The molecule has 0 amide bonds. The van der Waals surface area contributed by atoms with E-state index in [0.29, 0.717) is 0 Å². The monoisotopic (exact) mass is 231 g/mol. The molecule has 0 atom stereocenters. The van der Waals surface area contributed by atoms with E-state index in [1.807, 2.05) is 0 Å². The molecule has 1 rings (SSSR count). The number of hydrogen-bond acceptors (Lipinski definition) is 1. The average Bonchev–Trinajstić information content (AvgIpc) is 2.14. The summed E-state index contributed by atoms with van der Waals surface area (Å²) in [5.74, 6) is 0. The minimum absolute atomic E-state index is 0.0553. The van der Waals surface area contributed by atoms with Gasteiger partial charge in [0.05, 0.1) is 0 Å². The van der Waals surface area contributed by atoms with Gasteiger partial charge >= 0.3 is 0 Å². The lowest BCUT2D eigenvalue weighted by Gasteiger charge is -2.24. The first-order valence-corrected chi connectivity index (χ1v) is 6.17. The normalized spacial score (nSPS) is 12.4. The third-order valence-corrected chi connectivity index (χ3v) is 2.63. The molecule has 0 fully saturated rings. The topological polar surface area (TPSA) is 12.0 Å². The second-order valence-corrected chi connectivity index (χ2v) is 6.68. The highest BCUT2D eigenvalue weighted by Crippen LogP contribution is 2.23. The predicted molar refractivity (Wildman–Crippen MR) is 77.1 cm³/mol. The minimum Gasteiger partial charge on any atom is -0.380 e. The average molecular weight is 231 g/mol. The van der Waals surface area contributed by atoms with Gasteiger partial charge in [0.15, 0.2) is 0 Å². The third-order valence-electron chi connectivity index (χ3n) is 2.63. The lowest BCUT2D eigenvalue weighted by Crippen LogP contribution is -2.33. The highest BCUT2D eigenvalue weighted by molar-refractivity contribution is 5.62. The summed E-state index contributed by atoms with van der Waals surface area (Å²) in [4.78, 5) is 0. The first kappa shape index (κ1) is 13.8. The zero-order valence-corrected chi connectivity index (χ0v) is 12.0. The number of hydrogen-bond donors (Lipinski definition) is 1. The second-order valence-electron chi connectivity index (χ2n) is 6.68. The summed E-state index contributed by atoms with van der Waals surface area (Å²) in [7, 11) is 0. The van der Waals surface area contributed by atoms with Gasteiger partial charge in [-0.05, 0) is 37.3 Å². The van der Waals surface area contributed by atoms with Crippen molar-refractivity contribution in [2.24, 2.45) is 0 Å². The summed E-state index contributed by atoms with van der Waals surface area (Å²) >= 11 is 0. The van der Waals surface area contributed by atoms with Gasteiger partial charge in [0.1, 0.15) is 0 Å². The maximum Gasteiger partial charge on any atom is 0.0344 e. The van der Waals surface area contributed by atoms with Crippen LogP contribution >= 0.6 is 0 Å². The summed E-state index contributed by atoms with van der Waals surface area (Å²) in [6.07, 6.45) is 0. The Morgan fingerprint density at radius 1 is 0.941 bits per heavy atom. The molecule has 0 aliphatic carbocycles. The molecule has 1 aromatic carbocycles. The van der Waals surface area contributed by atoms with E-state index in [9.17, 15) is 0 Å².